The van der Waals surface area contributed by atoms with Gasteiger partial charge in [-0.1, -0.05) is 84.3 Å². The van der Waals surface area contributed by atoms with Gasteiger partial charge < -0.3 is 25.2 Å². The Morgan fingerprint density at radius 3 is 1.51 bits per heavy atom. The van der Waals surface area contributed by atoms with Gasteiger partial charge in [-0.2, -0.15) is 0 Å². The van der Waals surface area contributed by atoms with Crippen molar-refractivity contribution in [2.75, 3.05) is 13.2 Å². The average Bonchev–Trinajstić information content (AvgIpc) is 2.85. The summed E-state index contributed by atoms with van der Waals surface area (Å²) < 4.78 is 4.86. The molecule has 0 fully saturated rings. The Kier molecular flexibility index (Phi) is 34.5. The summed E-state index contributed by atoms with van der Waals surface area (Å²) in [6.07, 6.45) is 20.5. The van der Waals surface area contributed by atoms with E-state index >= 15 is 0 Å². The Morgan fingerprint density at radius 1 is 0.714 bits per heavy atom. The number of aliphatic hydroxyl groups is 2. The van der Waals surface area contributed by atoms with Crippen LogP contribution in [0.15, 0.2) is 12.2 Å². The second-order valence-electron chi connectivity index (χ2n) is 8.35. The number of hydrogen-bond acceptors (Lipinski definition) is 6. The Morgan fingerprint density at radius 2 is 1.11 bits per heavy atom. The van der Waals surface area contributed by atoms with Gasteiger partial charge in [0.1, 0.15) is 12.7 Å². The Bertz CT molecular complexity index is 491. The van der Waals surface area contributed by atoms with Gasteiger partial charge in [0.15, 0.2) is 0 Å². The van der Waals surface area contributed by atoms with Crippen molar-refractivity contribution in [3.05, 3.63) is 12.2 Å². The van der Waals surface area contributed by atoms with E-state index in [1.54, 1.807) is 13.8 Å². The minimum absolute atomic E-state index is 0.111. The fourth-order valence-corrected chi connectivity index (χ4v) is 2.65. The molecule has 0 bridgehead atoms. The molecule has 0 aliphatic heterocycles. The summed E-state index contributed by atoms with van der Waals surface area (Å²) in [6, 6.07) is 0. The molecule has 0 heterocycles. The van der Waals surface area contributed by atoms with E-state index in [1.165, 1.54) is 57.8 Å². The molecule has 208 valence electrons. The van der Waals surface area contributed by atoms with Crippen molar-refractivity contribution < 1.29 is 39.5 Å². The number of rotatable bonds is 20. The number of aliphatic carboxylic acids is 2. The highest BCUT2D eigenvalue weighted by atomic mass is 16.5. The van der Waals surface area contributed by atoms with Gasteiger partial charge in [-0.3, -0.25) is 14.4 Å². The van der Waals surface area contributed by atoms with E-state index in [9.17, 15) is 14.4 Å². The molecular weight excluding hydrogens is 452 g/mol. The molecule has 1 atom stereocenters. The molecule has 8 heteroatoms. The Balaban J connectivity index is -0.000000853. The van der Waals surface area contributed by atoms with Crippen molar-refractivity contribution in [2.45, 2.75) is 130 Å². The lowest BCUT2D eigenvalue weighted by molar-refractivity contribution is -0.147. The van der Waals surface area contributed by atoms with E-state index in [0.29, 0.717) is 6.42 Å². The minimum Gasteiger partial charge on any atom is -0.481 e. The average molecular weight is 505 g/mol. The van der Waals surface area contributed by atoms with Crippen LogP contribution in [0.3, 0.4) is 0 Å². The van der Waals surface area contributed by atoms with Gasteiger partial charge in [-0.25, -0.2) is 0 Å². The second-order valence-corrected chi connectivity index (χ2v) is 8.35. The summed E-state index contributed by atoms with van der Waals surface area (Å²) in [5, 5.41) is 33.1. The van der Waals surface area contributed by atoms with Gasteiger partial charge in [-0.15, -0.1) is 0 Å². The molecule has 0 aromatic carbocycles. The molecule has 0 saturated carbocycles. The third-order valence-electron chi connectivity index (χ3n) is 4.90. The molecule has 8 nitrogen and oxygen atoms in total. The van der Waals surface area contributed by atoms with Crippen LogP contribution in [0.5, 0.6) is 0 Å². The highest BCUT2D eigenvalue weighted by Gasteiger charge is 2.07. The first-order valence-corrected chi connectivity index (χ1v) is 13.3. The zero-order valence-electron chi connectivity index (χ0n) is 22.4. The highest BCUT2D eigenvalue weighted by Crippen LogP contribution is 2.10. The number of allylic oxidation sites excluding steroid dienone is 2. The molecule has 0 aliphatic carbocycles. The zero-order chi connectivity index (χ0) is 27.2. The standard InChI is InChI=1S/C21H40O4.2C3H6O2/c1-2-3-4-5-6-7-8-9-10-11-12-13-14-15-16-17-21(24)25-19-20(23)18-22;2*1-2-3(4)5/h9-10,20,22-23H,2-8,11-19H2,1H3;2*2H2,1H3,(H,4,5)/b10-9-;;. The number of aliphatic hydroxyl groups excluding tert-OH is 2. The van der Waals surface area contributed by atoms with Crippen LogP contribution in [0.2, 0.25) is 0 Å². The van der Waals surface area contributed by atoms with Crippen LogP contribution in [-0.2, 0) is 19.1 Å². The molecular formula is C27H52O8. The molecule has 0 rings (SSSR count). The van der Waals surface area contributed by atoms with E-state index in [-0.39, 0.29) is 32.0 Å². The number of carboxylic acids is 2. The fraction of sp³-hybridized carbons (Fsp3) is 0.815. The molecule has 0 aromatic rings. The molecule has 0 amide bonds. The lowest BCUT2D eigenvalue weighted by Gasteiger charge is -2.08. The monoisotopic (exact) mass is 504 g/mol. The molecule has 0 aliphatic rings. The summed E-state index contributed by atoms with van der Waals surface area (Å²) >= 11 is 0. The van der Waals surface area contributed by atoms with Gasteiger partial charge in [0.05, 0.1) is 6.61 Å². The van der Waals surface area contributed by atoms with Crippen LogP contribution >= 0.6 is 0 Å². The normalized spacial score (nSPS) is 11.1. The Labute approximate surface area is 212 Å². The molecule has 1 unspecified atom stereocenters. The van der Waals surface area contributed by atoms with E-state index in [1.807, 2.05) is 0 Å². The summed E-state index contributed by atoms with van der Waals surface area (Å²) in [7, 11) is 0. The van der Waals surface area contributed by atoms with Gasteiger partial charge in [0, 0.05) is 19.3 Å². The lowest BCUT2D eigenvalue weighted by Crippen LogP contribution is -2.21. The predicted molar refractivity (Wildman–Crippen MR) is 139 cm³/mol. The first-order valence-electron chi connectivity index (χ1n) is 13.3. The number of ether oxygens (including phenoxy) is 1. The van der Waals surface area contributed by atoms with Crippen molar-refractivity contribution >= 4 is 17.9 Å². The van der Waals surface area contributed by atoms with E-state index in [4.69, 9.17) is 25.2 Å². The number of esters is 1. The van der Waals surface area contributed by atoms with Crippen LogP contribution in [-0.4, -0.2) is 57.7 Å². The first kappa shape index (κ1) is 37.6. The quantitative estimate of drug-likeness (QED) is 0.0914. The zero-order valence-corrected chi connectivity index (χ0v) is 22.4. The number of unbranched alkanes of at least 4 members (excludes halogenated alkanes) is 11. The first-order chi connectivity index (χ1) is 16.7. The second kappa shape index (κ2) is 32.1. The molecule has 4 N–H and O–H groups in total. The van der Waals surface area contributed by atoms with Crippen molar-refractivity contribution in [1.29, 1.82) is 0 Å². The lowest BCUT2D eigenvalue weighted by atomic mass is 10.1. The summed E-state index contributed by atoms with van der Waals surface area (Å²) in [5.74, 6) is -1.78. The summed E-state index contributed by atoms with van der Waals surface area (Å²) in [6.45, 7) is 4.97. The number of carbonyl (C=O) groups excluding carboxylic acids is 1. The van der Waals surface area contributed by atoms with E-state index in [0.717, 1.165) is 25.7 Å². The highest BCUT2D eigenvalue weighted by molar-refractivity contribution is 5.69. The van der Waals surface area contributed by atoms with Crippen LogP contribution in [0.1, 0.15) is 124 Å². The van der Waals surface area contributed by atoms with Gasteiger partial charge >= 0.3 is 17.9 Å². The molecule has 35 heavy (non-hydrogen) atoms. The van der Waals surface area contributed by atoms with Crippen LogP contribution in [0.25, 0.3) is 0 Å². The molecule has 0 radical (unpaired) electrons. The molecule has 0 aromatic heterocycles. The maximum atomic E-state index is 11.4. The Hall–Kier alpha value is -1.93. The summed E-state index contributed by atoms with van der Waals surface area (Å²) in [4.78, 5) is 30.1. The van der Waals surface area contributed by atoms with Gasteiger partial charge in [0.2, 0.25) is 0 Å². The third-order valence-corrected chi connectivity index (χ3v) is 4.90. The number of carbonyl (C=O) groups is 3. The maximum Gasteiger partial charge on any atom is 0.305 e. The van der Waals surface area contributed by atoms with Crippen molar-refractivity contribution in [3.63, 3.8) is 0 Å². The van der Waals surface area contributed by atoms with Crippen LogP contribution in [0, 0.1) is 0 Å². The topological polar surface area (TPSA) is 141 Å². The van der Waals surface area contributed by atoms with E-state index < -0.39 is 18.0 Å². The third kappa shape index (κ3) is 42.7. The van der Waals surface area contributed by atoms with Crippen LogP contribution < -0.4 is 0 Å². The van der Waals surface area contributed by atoms with Crippen molar-refractivity contribution in [1.82, 2.24) is 0 Å². The summed E-state index contributed by atoms with van der Waals surface area (Å²) in [5.41, 5.74) is 0. The predicted octanol–water partition coefficient (Wildman–Crippen LogP) is 5.88. The largest absolute Gasteiger partial charge is 0.481 e. The van der Waals surface area contributed by atoms with Gasteiger partial charge in [-0.05, 0) is 32.1 Å². The van der Waals surface area contributed by atoms with E-state index in [2.05, 4.69) is 19.1 Å². The van der Waals surface area contributed by atoms with Gasteiger partial charge in [0.25, 0.3) is 0 Å². The number of hydrogen-bond donors (Lipinski definition) is 4. The van der Waals surface area contributed by atoms with Crippen LogP contribution in [0.4, 0.5) is 0 Å². The number of carboxylic acid groups (broad SMARTS) is 2. The smallest absolute Gasteiger partial charge is 0.305 e. The minimum atomic E-state index is -0.960. The molecule has 0 saturated heterocycles. The fourth-order valence-electron chi connectivity index (χ4n) is 2.65. The SMILES string of the molecule is CCC(=O)O.CCC(=O)O.CCCCCCCC/C=C\CCCCCCCC(=O)OCC(O)CO. The van der Waals surface area contributed by atoms with Crippen molar-refractivity contribution in [3.8, 4) is 0 Å². The molecule has 0 spiro atoms. The maximum absolute atomic E-state index is 11.4. The van der Waals surface area contributed by atoms with Crippen molar-refractivity contribution in [2.24, 2.45) is 0 Å².